The average Bonchev–Trinajstić information content (AvgIpc) is 3.50. The number of methoxy groups -OCH3 is 2. The maximum atomic E-state index is 13.4. The molecule has 3 N–H and O–H groups in total. The van der Waals surface area contributed by atoms with Gasteiger partial charge in [-0.1, -0.05) is 18.2 Å². The van der Waals surface area contributed by atoms with Gasteiger partial charge in [0.2, 0.25) is 0 Å². The summed E-state index contributed by atoms with van der Waals surface area (Å²) in [7, 11) is 3.21. The van der Waals surface area contributed by atoms with E-state index < -0.39 is 5.91 Å². The fourth-order valence-corrected chi connectivity index (χ4v) is 5.43. The van der Waals surface area contributed by atoms with E-state index in [2.05, 4.69) is 9.97 Å². The molecular formula is C31H28N4O5. The topological polar surface area (TPSA) is 120 Å². The maximum Gasteiger partial charge on any atom is 0.269 e. The Morgan fingerprint density at radius 1 is 1.02 bits per heavy atom. The number of rotatable bonds is 8. The van der Waals surface area contributed by atoms with Crippen LogP contribution in [0.25, 0.3) is 32.9 Å². The number of aromatic nitrogens is 2. The number of pyridine rings is 1. The number of hydrogen-bond acceptors (Lipinski definition) is 6. The van der Waals surface area contributed by atoms with Gasteiger partial charge in [0.25, 0.3) is 11.8 Å². The third-order valence-corrected chi connectivity index (χ3v) is 7.40. The molecule has 5 aromatic rings. The highest BCUT2D eigenvalue weighted by atomic mass is 16.5. The van der Waals surface area contributed by atoms with E-state index in [1.807, 2.05) is 55.5 Å². The molecule has 2 aromatic heterocycles. The number of hydrogen-bond donors (Lipinski definition) is 2. The van der Waals surface area contributed by atoms with Crippen molar-refractivity contribution in [1.29, 1.82) is 0 Å². The second kappa shape index (κ2) is 10.0. The Kier molecular flexibility index (Phi) is 6.36. The number of benzene rings is 3. The molecule has 0 radical (unpaired) electrons. The van der Waals surface area contributed by atoms with Crippen molar-refractivity contribution in [2.24, 2.45) is 5.73 Å². The van der Waals surface area contributed by atoms with Crippen molar-refractivity contribution in [1.82, 2.24) is 9.97 Å². The Hall–Kier alpha value is -4.89. The summed E-state index contributed by atoms with van der Waals surface area (Å²) >= 11 is 0. The molecule has 1 aliphatic heterocycles. The second-order valence-corrected chi connectivity index (χ2v) is 9.67. The lowest BCUT2D eigenvalue weighted by molar-refractivity contribution is 0.0988. The standard InChI is InChI=1S/C31H28N4O5/c1-17-21(5-4-6-26(17)35-16-18-7-8-19(39-3)13-23(18)31(35)37)24-15-33-29(30(32)36)28-27(24)22-10-9-20(14-25(22)34-28)40-12-11-38-2/h4-10,13-15,34H,11-12,16H2,1-3H3,(H2,32,36). The molecule has 9 nitrogen and oxygen atoms in total. The monoisotopic (exact) mass is 536 g/mol. The van der Waals surface area contributed by atoms with Crippen LogP contribution in [0.1, 0.15) is 32.0 Å². The maximum absolute atomic E-state index is 13.4. The summed E-state index contributed by atoms with van der Waals surface area (Å²) < 4.78 is 16.2. The Morgan fingerprint density at radius 3 is 2.62 bits per heavy atom. The van der Waals surface area contributed by atoms with Gasteiger partial charge < -0.3 is 29.8 Å². The number of ether oxygens (including phenoxy) is 3. The number of aromatic amines is 1. The van der Waals surface area contributed by atoms with Crippen LogP contribution >= 0.6 is 0 Å². The summed E-state index contributed by atoms with van der Waals surface area (Å²) in [5.41, 5.74) is 12.2. The molecule has 0 spiro atoms. The van der Waals surface area contributed by atoms with E-state index in [0.717, 1.165) is 44.2 Å². The fourth-order valence-electron chi connectivity index (χ4n) is 5.43. The van der Waals surface area contributed by atoms with Crippen molar-refractivity contribution in [2.75, 3.05) is 32.3 Å². The summed E-state index contributed by atoms with van der Waals surface area (Å²) in [5, 5.41) is 1.72. The first kappa shape index (κ1) is 25.4. The summed E-state index contributed by atoms with van der Waals surface area (Å²) in [6.45, 7) is 3.35. The lowest BCUT2D eigenvalue weighted by Crippen LogP contribution is -2.24. The molecule has 0 saturated carbocycles. The van der Waals surface area contributed by atoms with E-state index in [9.17, 15) is 9.59 Å². The average molecular weight is 537 g/mol. The predicted octanol–water partition coefficient (Wildman–Crippen LogP) is 4.98. The van der Waals surface area contributed by atoms with Gasteiger partial charge >= 0.3 is 0 Å². The zero-order valence-electron chi connectivity index (χ0n) is 22.4. The van der Waals surface area contributed by atoms with Crippen LogP contribution in [0.3, 0.4) is 0 Å². The van der Waals surface area contributed by atoms with E-state index in [1.54, 1.807) is 31.4 Å². The van der Waals surface area contributed by atoms with Crippen molar-refractivity contribution >= 4 is 39.3 Å². The molecule has 3 heterocycles. The van der Waals surface area contributed by atoms with Crippen LogP contribution in [-0.4, -0.2) is 49.2 Å². The van der Waals surface area contributed by atoms with Crippen LogP contribution in [0.5, 0.6) is 11.5 Å². The number of H-pyrrole nitrogens is 1. The van der Waals surface area contributed by atoms with Gasteiger partial charge in [0.15, 0.2) is 5.69 Å². The minimum absolute atomic E-state index is 0.0744. The van der Waals surface area contributed by atoms with Gasteiger partial charge in [-0.3, -0.25) is 9.59 Å². The predicted molar refractivity (Wildman–Crippen MR) is 153 cm³/mol. The fraction of sp³-hybridized carbons (Fsp3) is 0.194. The normalized spacial score (nSPS) is 12.8. The number of nitrogens with zero attached hydrogens (tertiary/aromatic N) is 2. The molecule has 0 fully saturated rings. The number of anilines is 1. The first-order valence-corrected chi connectivity index (χ1v) is 12.9. The van der Waals surface area contributed by atoms with Crippen molar-refractivity contribution in [2.45, 2.75) is 13.5 Å². The summed E-state index contributed by atoms with van der Waals surface area (Å²) in [6, 6.07) is 17.2. The van der Waals surface area contributed by atoms with Gasteiger partial charge in [0.05, 0.1) is 31.3 Å². The Bertz CT molecular complexity index is 1810. The molecule has 9 heteroatoms. The molecule has 202 valence electrons. The minimum atomic E-state index is -0.624. The van der Waals surface area contributed by atoms with E-state index in [1.165, 1.54) is 0 Å². The number of nitrogens with two attached hydrogens (primary N) is 1. The van der Waals surface area contributed by atoms with E-state index >= 15 is 0 Å². The van der Waals surface area contributed by atoms with Crippen LogP contribution in [0.15, 0.2) is 60.8 Å². The molecule has 3 aromatic carbocycles. The molecule has 0 unspecified atom stereocenters. The molecule has 0 aliphatic carbocycles. The van der Waals surface area contributed by atoms with E-state index in [-0.39, 0.29) is 11.6 Å². The smallest absolute Gasteiger partial charge is 0.269 e. The molecule has 2 amide bonds. The summed E-state index contributed by atoms with van der Waals surface area (Å²) in [6.07, 6.45) is 1.68. The van der Waals surface area contributed by atoms with Crippen molar-refractivity contribution in [3.8, 4) is 22.6 Å². The van der Waals surface area contributed by atoms with Crippen LogP contribution < -0.4 is 20.1 Å². The number of amides is 2. The highest BCUT2D eigenvalue weighted by Crippen LogP contribution is 2.41. The van der Waals surface area contributed by atoms with Gasteiger partial charge in [-0.15, -0.1) is 0 Å². The van der Waals surface area contributed by atoms with Crippen molar-refractivity contribution < 1.29 is 23.8 Å². The van der Waals surface area contributed by atoms with Crippen molar-refractivity contribution in [3.63, 3.8) is 0 Å². The minimum Gasteiger partial charge on any atom is -0.497 e. The number of carbonyl (C=O) groups excluding carboxylic acids is 2. The summed E-state index contributed by atoms with van der Waals surface area (Å²) in [5.74, 6) is 0.623. The molecule has 1 aliphatic rings. The second-order valence-electron chi connectivity index (χ2n) is 9.67. The first-order chi connectivity index (χ1) is 19.4. The molecule has 40 heavy (non-hydrogen) atoms. The first-order valence-electron chi connectivity index (χ1n) is 12.9. The number of primary amides is 1. The largest absolute Gasteiger partial charge is 0.497 e. The lowest BCUT2D eigenvalue weighted by atomic mass is 9.95. The molecular weight excluding hydrogens is 508 g/mol. The molecule has 0 atom stereocenters. The van der Waals surface area contributed by atoms with Gasteiger partial charge in [0.1, 0.15) is 18.1 Å². The Balaban J connectivity index is 1.48. The summed E-state index contributed by atoms with van der Waals surface area (Å²) in [4.78, 5) is 35.3. The molecule has 0 saturated heterocycles. The van der Waals surface area contributed by atoms with Crippen molar-refractivity contribution in [3.05, 3.63) is 83.2 Å². The molecule has 6 rings (SSSR count). The van der Waals surface area contributed by atoms with Crippen LogP contribution in [0, 0.1) is 6.92 Å². The Morgan fingerprint density at radius 2 is 1.85 bits per heavy atom. The lowest BCUT2D eigenvalue weighted by Gasteiger charge is -2.21. The van der Waals surface area contributed by atoms with Gasteiger partial charge in [-0.2, -0.15) is 0 Å². The zero-order chi connectivity index (χ0) is 28.0. The zero-order valence-corrected chi connectivity index (χ0v) is 22.4. The van der Waals surface area contributed by atoms with Gasteiger partial charge in [-0.25, -0.2) is 4.98 Å². The quantitative estimate of drug-likeness (QED) is 0.270. The van der Waals surface area contributed by atoms with Crippen LogP contribution in [0.4, 0.5) is 5.69 Å². The number of nitrogens with one attached hydrogen (secondary N) is 1. The molecule has 0 bridgehead atoms. The van der Waals surface area contributed by atoms with Crippen LogP contribution in [0.2, 0.25) is 0 Å². The van der Waals surface area contributed by atoms with Gasteiger partial charge in [0, 0.05) is 47.0 Å². The highest BCUT2D eigenvalue weighted by molar-refractivity contribution is 6.19. The number of carbonyl (C=O) groups is 2. The third-order valence-electron chi connectivity index (χ3n) is 7.40. The SMILES string of the molecule is COCCOc1ccc2c(c1)[nH]c1c(C(N)=O)ncc(-c3cccc(N4Cc5ccc(OC)cc5C4=O)c3C)c12. The van der Waals surface area contributed by atoms with Gasteiger partial charge in [-0.05, 0) is 53.9 Å². The third kappa shape index (κ3) is 4.11. The number of fused-ring (bicyclic) bond motifs is 4. The Labute approximate surface area is 230 Å². The highest BCUT2D eigenvalue weighted by Gasteiger charge is 2.30. The van der Waals surface area contributed by atoms with E-state index in [4.69, 9.17) is 19.9 Å². The van der Waals surface area contributed by atoms with Crippen LogP contribution in [-0.2, 0) is 11.3 Å². The van der Waals surface area contributed by atoms with E-state index in [0.29, 0.717) is 42.3 Å².